The third-order valence-corrected chi connectivity index (χ3v) is 2.80. The first-order valence-corrected chi connectivity index (χ1v) is 5.75. The van der Waals surface area contributed by atoms with Crippen LogP contribution in [0.25, 0.3) is 11.3 Å². The number of nitrogens with one attached hydrogen (secondary N) is 1. The number of ether oxygens (including phenoxy) is 1. The number of aromatic nitrogens is 2. The number of alkyl halides is 3. The largest absolute Gasteiger partial charge is 0.496 e. The zero-order valence-corrected chi connectivity index (χ0v) is 10.5. The maximum absolute atomic E-state index is 12.5. The monoisotopic (exact) mass is 270 g/mol. The molecule has 6 heteroatoms. The van der Waals surface area contributed by atoms with Gasteiger partial charge in [0.25, 0.3) is 0 Å². The lowest BCUT2D eigenvalue weighted by Crippen LogP contribution is -2.07. The summed E-state index contributed by atoms with van der Waals surface area (Å²) in [6.07, 6.45) is -2.42. The van der Waals surface area contributed by atoms with Gasteiger partial charge in [-0.2, -0.15) is 13.2 Å². The minimum atomic E-state index is -4.48. The lowest BCUT2D eigenvalue weighted by molar-refractivity contribution is -0.144. The van der Waals surface area contributed by atoms with Crippen LogP contribution in [0.5, 0.6) is 5.75 Å². The number of aromatic amines is 1. The fourth-order valence-corrected chi connectivity index (χ4v) is 1.77. The highest BCUT2D eigenvalue weighted by Gasteiger charge is 2.34. The average Bonchev–Trinajstić information content (AvgIpc) is 2.87. The van der Waals surface area contributed by atoms with Crippen molar-refractivity contribution < 1.29 is 17.9 Å². The van der Waals surface area contributed by atoms with E-state index in [1.807, 2.05) is 13.0 Å². The van der Waals surface area contributed by atoms with Crippen LogP contribution in [0.2, 0.25) is 0 Å². The summed E-state index contributed by atoms with van der Waals surface area (Å²) in [6, 6.07) is 5.37. The van der Waals surface area contributed by atoms with Crippen molar-refractivity contribution in [3.63, 3.8) is 0 Å². The Labute approximate surface area is 108 Å². The minimum absolute atomic E-state index is 0.215. The van der Waals surface area contributed by atoms with E-state index in [0.29, 0.717) is 11.3 Å². The molecule has 0 bridgehead atoms. The van der Waals surface area contributed by atoms with Gasteiger partial charge in [0.1, 0.15) is 5.75 Å². The van der Waals surface area contributed by atoms with Crippen LogP contribution in [-0.4, -0.2) is 17.1 Å². The molecule has 0 unspecified atom stereocenters. The lowest BCUT2D eigenvalue weighted by atomic mass is 10.1. The highest BCUT2D eigenvalue weighted by atomic mass is 19.4. The van der Waals surface area contributed by atoms with Gasteiger partial charge >= 0.3 is 6.18 Å². The third-order valence-electron chi connectivity index (χ3n) is 2.80. The van der Waals surface area contributed by atoms with E-state index in [4.69, 9.17) is 4.74 Å². The van der Waals surface area contributed by atoms with E-state index in [0.717, 1.165) is 12.0 Å². The van der Waals surface area contributed by atoms with Crippen molar-refractivity contribution in [1.29, 1.82) is 0 Å². The fraction of sp³-hybridized carbons (Fsp3) is 0.308. The first-order valence-electron chi connectivity index (χ1n) is 5.75. The molecule has 1 heterocycles. The highest BCUT2D eigenvalue weighted by molar-refractivity contribution is 5.67. The zero-order chi connectivity index (χ0) is 14.0. The van der Waals surface area contributed by atoms with Crippen molar-refractivity contribution in [2.75, 3.05) is 7.11 Å². The first-order chi connectivity index (χ1) is 8.95. The normalized spacial score (nSPS) is 11.6. The average molecular weight is 270 g/mol. The topological polar surface area (TPSA) is 37.9 Å². The number of hydrogen-bond donors (Lipinski definition) is 1. The molecule has 3 nitrogen and oxygen atoms in total. The van der Waals surface area contributed by atoms with Crippen LogP contribution >= 0.6 is 0 Å². The van der Waals surface area contributed by atoms with Crippen LogP contribution in [0.15, 0.2) is 24.4 Å². The number of imidazole rings is 1. The highest BCUT2D eigenvalue weighted by Crippen LogP contribution is 2.33. The van der Waals surface area contributed by atoms with Gasteiger partial charge < -0.3 is 9.72 Å². The van der Waals surface area contributed by atoms with Gasteiger partial charge in [0.15, 0.2) is 0 Å². The Bertz CT molecular complexity index is 576. The molecule has 1 N–H and O–H groups in total. The van der Waals surface area contributed by atoms with Gasteiger partial charge in [0.05, 0.1) is 12.8 Å². The summed E-state index contributed by atoms with van der Waals surface area (Å²) < 4.78 is 42.7. The smallest absolute Gasteiger partial charge is 0.449 e. The molecule has 0 atom stereocenters. The summed E-state index contributed by atoms with van der Waals surface area (Å²) in [5.74, 6) is -0.497. The van der Waals surface area contributed by atoms with E-state index in [2.05, 4.69) is 9.97 Å². The second-order valence-electron chi connectivity index (χ2n) is 4.02. The molecule has 1 aromatic carbocycles. The molecule has 0 saturated carbocycles. The van der Waals surface area contributed by atoms with Crippen LogP contribution in [0.3, 0.4) is 0 Å². The van der Waals surface area contributed by atoms with Gasteiger partial charge in [0.2, 0.25) is 5.82 Å². The van der Waals surface area contributed by atoms with Crippen molar-refractivity contribution in [3.05, 3.63) is 35.8 Å². The molecular formula is C13H13F3N2O. The van der Waals surface area contributed by atoms with Gasteiger partial charge in [-0.1, -0.05) is 13.0 Å². The van der Waals surface area contributed by atoms with Gasteiger partial charge in [-0.05, 0) is 24.1 Å². The quantitative estimate of drug-likeness (QED) is 0.924. The van der Waals surface area contributed by atoms with E-state index in [-0.39, 0.29) is 5.69 Å². The third kappa shape index (κ3) is 2.72. The van der Waals surface area contributed by atoms with Crippen molar-refractivity contribution in [2.24, 2.45) is 0 Å². The number of hydrogen-bond acceptors (Lipinski definition) is 2. The van der Waals surface area contributed by atoms with Crippen LogP contribution < -0.4 is 4.74 Å². The van der Waals surface area contributed by atoms with Crippen LogP contribution in [0.1, 0.15) is 18.3 Å². The molecule has 0 aliphatic carbocycles. The molecule has 0 amide bonds. The summed E-state index contributed by atoms with van der Waals surface area (Å²) in [4.78, 5) is 5.69. The Morgan fingerprint density at radius 1 is 1.32 bits per heavy atom. The number of H-pyrrole nitrogens is 1. The van der Waals surface area contributed by atoms with Gasteiger partial charge in [-0.3, -0.25) is 0 Å². The zero-order valence-electron chi connectivity index (χ0n) is 10.5. The van der Waals surface area contributed by atoms with Crippen LogP contribution in [0.4, 0.5) is 13.2 Å². The van der Waals surface area contributed by atoms with Crippen molar-refractivity contribution >= 4 is 0 Å². The van der Waals surface area contributed by atoms with Crippen LogP contribution in [0, 0.1) is 0 Å². The molecule has 0 fully saturated rings. The molecule has 0 radical (unpaired) electrons. The van der Waals surface area contributed by atoms with E-state index in [1.165, 1.54) is 13.3 Å². The number of rotatable bonds is 3. The number of halogens is 3. The predicted molar refractivity (Wildman–Crippen MR) is 65.0 cm³/mol. The second-order valence-corrected chi connectivity index (χ2v) is 4.02. The SMILES string of the molecule is CCc1ccc(-c2c[nH]c(C(F)(F)F)n2)c(OC)c1. The van der Waals surface area contributed by atoms with Crippen LogP contribution in [-0.2, 0) is 12.6 Å². The Balaban J connectivity index is 2.44. The summed E-state index contributed by atoms with van der Waals surface area (Å²) in [5.41, 5.74) is 1.80. The molecule has 2 aromatic rings. The van der Waals surface area contributed by atoms with Crippen molar-refractivity contribution in [3.8, 4) is 17.0 Å². The van der Waals surface area contributed by atoms with Gasteiger partial charge in [-0.15, -0.1) is 0 Å². The molecule has 0 aliphatic heterocycles. The number of benzene rings is 1. The maximum atomic E-state index is 12.5. The predicted octanol–water partition coefficient (Wildman–Crippen LogP) is 3.67. The summed E-state index contributed by atoms with van der Waals surface area (Å²) >= 11 is 0. The molecule has 19 heavy (non-hydrogen) atoms. The van der Waals surface area contributed by atoms with Gasteiger partial charge in [0, 0.05) is 11.8 Å². The molecular weight excluding hydrogens is 257 g/mol. The molecule has 2 rings (SSSR count). The van der Waals surface area contributed by atoms with Gasteiger partial charge in [-0.25, -0.2) is 4.98 Å². The van der Waals surface area contributed by atoms with E-state index >= 15 is 0 Å². The Morgan fingerprint density at radius 2 is 2.05 bits per heavy atom. The molecule has 0 saturated heterocycles. The molecule has 0 aliphatic rings. The Kier molecular flexibility index (Phi) is 3.50. The summed E-state index contributed by atoms with van der Waals surface area (Å²) in [6.45, 7) is 1.99. The van der Waals surface area contributed by atoms with Crippen molar-refractivity contribution in [2.45, 2.75) is 19.5 Å². The number of nitrogens with zero attached hydrogens (tertiary/aromatic N) is 1. The van der Waals surface area contributed by atoms with Crippen molar-refractivity contribution in [1.82, 2.24) is 9.97 Å². The number of aryl methyl sites for hydroxylation is 1. The first kappa shape index (κ1) is 13.5. The summed E-state index contributed by atoms with van der Waals surface area (Å²) in [5, 5.41) is 0. The number of methoxy groups -OCH3 is 1. The Hall–Kier alpha value is -1.98. The minimum Gasteiger partial charge on any atom is -0.496 e. The second kappa shape index (κ2) is 4.95. The van der Waals surface area contributed by atoms with E-state index < -0.39 is 12.0 Å². The lowest BCUT2D eigenvalue weighted by Gasteiger charge is -2.08. The maximum Gasteiger partial charge on any atom is 0.449 e. The Morgan fingerprint density at radius 3 is 2.58 bits per heavy atom. The molecule has 1 aromatic heterocycles. The van der Waals surface area contributed by atoms with E-state index in [9.17, 15) is 13.2 Å². The molecule has 0 spiro atoms. The standard InChI is InChI=1S/C13H13F3N2O/c1-3-8-4-5-9(11(6-8)19-2)10-7-17-12(18-10)13(14,15)16/h4-7H,3H2,1-2H3,(H,17,18). The van der Waals surface area contributed by atoms with E-state index in [1.54, 1.807) is 12.1 Å². The molecule has 102 valence electrons. The fourth-order valence-electron chi connectivity index (χ4n) is 1.77. The summed E-state index contributed by atoms with van der Waals surface area (Å²) in [7, 11) is 1.48.